The average molecular weight is 241 g/mol. The zero-order valence-electron chi connectivity index (χ0n) is 9.98. The minimum Gasteiger partial charge on any atom is -0.377 e. The van der Waals surface area contributed by atoms with Crippen LogP contribution < -0.4 is 0 Å². The normalized spacial score (nSPS) is 10.8. The number of ether oxygens (including phenoxy) is 1. The van der Waals surface area contributed by atoms with Gasteiger partial charge in [0, 0.05) is 12.7 Å². The van der Waals surface area contributed by atoms with Crippen molar-refractivity contribution < 1.29 is 14.1 Å². The molecule has 1 rings (SSSR count). The average Bonchev–Trinajstić information content (AvgIpc) is 2.23. The predicted octanol–water partition coefficient (Wildman–Crippen LogP) is 3.30. The van der Waals surface area contributed by atoms with E-state index >= 15 is 0 Å². The summed E-state index contributed by atoms with van der Waals surface area (Å²) in [4.78, 5) is 9.67. The molecular formula is C12H16FNO3. The Labute approximate surface area is 99.6 Å². The first kappa shape index (κ1) is 13.6. The molecule has 0 fully saturated rings. The second-order valence-electron chi connectivity index (χ2n) is 4.28. The summed E-state index contributed by atoms with van der Waals surface area (Å²) in [7, 11) is 0. The third kappa shape index (κ3) is 4.48. The molecule has 0 unspecified atom stereocenters. The van der Waals surface area contributed by atoms with Crippen LogP contribution in [0.25, 0.3) is 0 Å². The first-order valence-corrected chi connectivity index (χ1v) is 5.51. The summed E-state index contributed by atoms with van der Waals surface area (Å²) in [6.07, 6.45) is 0.940. The van der Waals surface area contributed by atoms with E-state index in [-0.39, 0.29) is 6.61 Å². The Morgan fingerprint density at radius 3 is 2.71 bits per heavy atom. The number of nitrogens with zero attached hydrogens (tertiary/aromatic N) is 1. The quantitative estimate of drug-likeness (QED) is 0.436. The van der Waals surface area contributed by atoms with Crippen molar-refractivity contribution in [2.45, 2.75) is 26.9 Å². The molecule has 0 spiro atoms. The molecule has 0 saturated heterocycles. The van der Waals surface area contributed by atoms with Crippen LogP contribution in [0.5, 0.6) is 0 Å². The molecule has 0 aliphatic heterocycles. The Morgan fingerprint density at radius 1 is 1.47 bits per heavy atom. The van der Waals surface area contributed by atoms with Gasteiger partial charge in [0.05, 0.1) is 11.5 Å². The highest BCUT2D eigenvalue weighted by Crippen LogP contribution is 2.18. The molecular weight excluding hydrogens is 225 g/mol. The summed E-state index contributed by atoms with van der Waals surface area (Å²) < 4.78 is 18.6. The van der Waals surface area contributed by atoms with Gasteiger partial charge >= 0.3 is 5.69 Å². The van der Waals surface area contributed by atoms with Crippen molar-refractivity contribution in [2.24, 2.45) is 5.92 Å². The van der Waals surface area contributed by atoms with E-state index in [0.29, 0.717) is 18.1 Å². The Bertz CT molecular complexity index is 393. The molecule has 0 aromatic heterocycles. The molecule has 1 aromatic rings. The van der Waals surface area contributed by atoms with E-state index in [9.17, 15) is 14.5 Å². The van der Waals surface area contributed by atoms with Crippen LogP contribution in [-0.2, 0) is 11.3 Å². The van der Waals surface area contributed by atoms with Crippen molar-refractivity contribution in [3.05, 3.63) is 39.7 Å². The van der Waals surface area contributed by atoms with E-state index in [2.05, 4.69) is 13.8 Å². The largest absolute Gasteiger partial charge is 0.377 e. The maximum Gasteiger partial charge on any atom is 0.304 e. The van der Waals surface area contributed by atoms with Crippen LogP contribution in [-0.4, -0.2) is 11.5 Å². The second-order valence-corrected chi connectivity index (χ2v) is 4.28. The molecule has 0 aliphatic carbocycles. The SMILES string of the molecule is CC(C)CCOCc1ccc([N+](=O)[O-])c(F)c1. The molecule has 17 heavy (non-hydrogen) atoms. The molecule has 0 saturated carbocycles. The molecule has 0 N–H and O–H groups in total. The standard InChI is InChI=1S/C12H16FNO3/c1-9(2)5-6-17-8-10-3-4-12(14(15)16)11(13)7-10/h3-4,7,9H,5-6,8H2,1-2H3. The summed E-state index contributed by atoms with van der Waals surface area (Å²) in [6, 6.07) is 3.82. The number of rotatable bonds is 6. The predicted molar refractivity (Wildman–Crippen MR) is 62.2 cm³/mol. The van der Waals surface area contributed by atoms with Crippen molar-refractivity contribution >= 4 is 5.69 Å². The van der Waals surface area contributed by atoms with E-state index in [4.69, 9.17) is 4.74 Å². The maximum absolute atomic E-state index is 13.2. The first-order chi connectivity index (χ1) is 8.00. The highest BCUT2D eigenvalue weighted by Gasteiger charge is 2.13. The summed E-state index contributed by atoms with van der Waals surface area (Å²) in [5.74, 6) is -0.261. The van der Waals surface area contributed by atoms with Crippen LogP contribution >= 0.6 is 0 Å². The summed E-state index contributed by atoms with van der Waals surface area (Å²) in [6.45, 7) is 5.07. The van der Waals surface area contributed by atoms with Gasteiger partial charge in [0.1, 0.15) is 0 Å². The van der Waals surface area contributed by atoms with E-state index in [1.165, 1.54) is 6.07 Å². The monoisotopic (exact) mass is 241 g/mol. The highest BCUT2D eigenvalue weighted by molar-refractivity contribution is 5.34. The number of hydrogen-bond donors (Lipinski definition) is 0. The minimum absolute atomic E-state index is 0.279. The van der Waals surface area contributed by atoms with Gasteiger partial charge in [0.2, 0.25) is 5.82 Å². The van der Waals surface area contributed by atoms with Gasteiger partial charge in [-0.25, -0.2) is 0 Å². The number of halogens is 1. The van der Waals surface area contributed by atoms with Crippen molar-refractivity contribution in [1.82, 2.24) is 0 Å². The summed E-state index contributed by atoms with van der Waals surface area (Å²) >= 11 is 0. The van der Waals surface area contributed by atoms with Gasteiger partial charge in [-0.1, -0.05) is 13.8 Å². The summed E-state index contributed by atoms with van der Waals surface area (Å²) in [5, 5.41) is 10.4. The van der Waals surface area contributed by atoms with Crippen molar-refractivity contribution in [1.29, 1.82) is 0 Å². The zero-order valence-corrected chi connectivity index (χ0v) is 9.98. The van der Waals surface area contributed by atoms with Gasteiger partial charge in [-0.3, -0.25) is 10.1 Å². The first-order valence-electron chi connectivity index (χ1n) is 5.51. The minimum atomic E-state index is -0.819. The van der Waals surface area contributed by atoms with Crippen LogP contribution in [0.1, 0.15) is 25.8 Å². The van der Waals surface area contributed by atoms with Gasteiger partial charge in [0.15, 0.2) is 0 Å². The third-order valence-corrected chi connectivity index (χ3v) is 2.32. The Hall–Kier alpha value is -1.49. The second kappa shape index (κ2) is 6.30. The summed E-state index contributed by atoms with van der Waals surface area (Å²) in [5.41, 5.74) is 0.104. The number of benzene rings is 1. The van der Waals surface area contributed by atoms with Crippen LogP contribution in [0.4, 0.5) is 10.1 Å². The maximum atomic E-state index is 13.2. The lowest BCUT2D eigenvalue weighted by atomic mass is 10.1. The molecule has 0 aliphatic rings. The molecule has 4 nitrogen and oxygen atoms in total. The molecule has 0 radical (unpaired) electrons. The fraction of sp³-hybridized carbons (Fsp3) is 0.500. The molecule has 1 aromatic carbocycles. The highest BCUT2D eigenvalue weighted by atomic mass is 19.1. The van der Waals surface area contributed by atoms with Gasteiger partial charge in [-0.15, -0.1) is 0 Å². The van der Waals surface area contributed by atoms with Crippen molar-refractivity contribution in [2.75, 3.05) is 6.61 Å². The van der Waals surface area contributed by atoms with E-state index < -0.39 is 16.4 Å². The van der Waals surface area contributed by atoms with Crippen molar-refractivity contribution in [3.8, 4) is 0 Å². The molecule has 5 heteroatoms. The molecule has 94 valence electrons. The van der Waals surface area contributed by atoms with Gasteiger partial charge < -0.3 is 4.74 Å². The number of nitro benzene ring substituents is 1. The smallest absolute Gasteiger partial charge is 0.304 e. The topological polar surface area (TPSA) is 52.4 Å². The molecule has 0 amide bonds. The lowest BCUT2D eigenvalue weighted by molar-refractivity contribution is -0.387. The number of nitro groups is 1. The van der Waals surface area contributed by atoms with Crippen LogP contribution in [0.15, 0.2) is 18.2 Å². The van der Waals surface area contributed by atoms with Gasteiger partial charge in [-0.2, -0.15) is 4.39 Å². The molecule has 0 bridgehead atoms. The van der Waals surface area contributed by atoms with Crippen molar-refractivity contribution in [3.63, 3.8) is 0 Å². The van der Waals surface area contributed by atoms with E-state index in [1.54, 1.807) is 0 Å². The fourth-order valence-corrected chi connectivity index (χ4v) is 1.30. The van der Waals surface area contributed by atoms with Crippen LogP contribution in [0.3, 0.4) is 0 Å². The van der Waals surface area contributed by atoms with Crippen LogP contribution in [0, 0.1) is 21.8 Å². The molecule has 0 heterocycles. The van der Waals surface area contributed by atoms with Crippen LogP contribution in [0.2, 0.25) is 0 Å². The Kier molecular flexibility index (Phi) is 5.03. The lowest BCUT2D eigenvalue weighted by Crippen LogP contribution is -2.00. The van der Waals surface area contributed by atoms with E-state index in [0.717, 1.165) is 18.6 Å². The van der Waals surface area contributed by atoms with E-state index in [1.807, 2.05) is 0 Å². The Balaban J connectivity index is 2.50. The fourth-order valence-electron chi connectivity index (χ4n) is 1.30. The lowest BCUT2D eigenvalue weighted by Gasteiger charge is -2.06. The Morgan fingerprint density at radius 2 is 2.18 bits per heavy atom. The van der Waals surface area contributed by atoms with Gasteiger partial charge in [-0.05, 0) is 30.0 Å². The number of hydrogen-bond acceptors (Lipinski definition) is 3. The molecule has 0 atom stereocenters. The zero-order chi connectivity index (χ0) is 12.8. The third-order valence-electron chi connectivity index (χ3n) is 2.32. The van der Waals surface area contributed by atoms with Gasteiger partial charge in [0.25, 0.3) is 0 Å².